The number of hydrogen-bond donors (Lipinski definition) is 0. The van der Waals surface area contributed by atoms with Crippen LogP contribution in [0.2, 0.25) is 0 Å². The molecule has 1 unspecified atom stereocenters. The maximum Gasteiger partial charge on any atom is 0.306 e. The Morgan fingerprint density at radius 2 is 0.506 bits per heavy atom. The van der Waals surface area contributed by atoms with Crippen LogP contribution in [0, 0.1) is 0 Å². The average molecular weight is 1070 g/mol. The fraction of sp³-hybridized carbons (Fsp3) is 0.732. The van der Waals surface area contributed by atoms with E-state index in [0.29, 0.717) is 19.3 Å². The maximum atomic E-state index is 12.9. The Hall–Kier alpha value is -3.67. The van der Waals surface area contributed by atoms with Crippen molar-refractivity contribution in [1.82, 2.24) is 0 Å². The Balaban J connectivity index is 4.34. The molecule has 0 N–H and O–H groups in total. The number of carbonyl (C=O) groups excluding carboxylic acids is 3. The van der Waals surface area contributed by atoms with Gasteiger partial charge in [0.1, 0.15) is 13.2 Å². The van der Waals surface area contributed by atoms with Crippen molar-refractivity contribution in [2.24, 2.45) is 0 Å². The normalized spacial score (nSPS) is 12.7. The van der Waals surface area contributed by atoms with Crippen LogP contribution in [0.4, 0.5) is 0 Å². The van der Waals surface area contributed by atoms with E-state index in [9.17, 15) is 14.4 Å². The van der Waals surface area contributed by atoms with E-state index in [2.05, 4.69) is 118 Å². The van der Waals surface area contributed by atoms with Crippen LogP contribution in [0.25, 0.3) is 0 Å². The predicted molar refractivity (Wildman–Crippen MR) is 334 cm³/mol. The minimum atomic E-state index is -0.789. The molecule has 0 rings (SSSR count). The molecule has 0 bridgehead atoms. The van der Waals surface area contributed by atoms with Gasteiger partial charge in [0, 0.05) is 19.3 Å². The lowest BCUT2D eigenvalue weighted by Crippen LogP contribution is -2.30. The van der Waals surface area contributed by atoms with E-state index in [-0.39, 0.29) is 31.1 Å². The number of ether oxygens (including phenoxy) is 3. The van der Waals surface area contributed by atoms with Crippen LogP contribution in [0.5, 0.6) is 0 Å². The third-order valence-corrected chi connectivity index (χ3v) is 14.0. The second-order valence-electron chi connectivity index (χ2n) is 21.6. The Bertz CT molecular complexity index is 1510. The number of unbranched alkanes of at least 4 members (excludes halogenated alkanes) is 32. The van der Waals surface area contributed by atoms with Gasteiger partial charge in [-0.1, -0.05) is 272 Å². The third kappa shape index (κ3) is 63.0. The molecule has 0 aromatic carbocycles. The number of esters is 3. The first-order chi connectivity index (χ1) is 38.0. The number of rotatable bonds is 59. The van der Waals surface area contributed by atoms with E-state index < -0.39 is 6.10 Å². The maximum absolute atomic E-state index is 12.9. The van der Waals surface area contributed by atoms with Crippen LogP contribution in [0.1, 0.15) is 316 Å². The molecule has 6 heteroatoms. The van der Waals surface area contributed by atoms with E-state index in [0.717, 1.165) is 109 Å². The SMILES string of the molecule is CC/C=C\C/C=C\C/C=C\C/C=C\CCCCCCCCCCC(=O)OC(COC(=O)CCCCCCC/C=C\CCCCCC)COC(=O)CCCCCCCCCCCC/C=C\C/C=C\C/C=C\CCCCCCC. The summed E-state index contributed by atoms with van der Waals surface area (Å²) in [6, 6.07) is 0. The van der Waals surface area contributed by atoms with Gasteiger partial charge in [-0.3, -0.25) is 14.4 Å². The Kier molecular flexibility index (Phi) is 61.8. The summed E-state index contributed by atoms with van der Waals surface area (Å²) in [7, 11) is 0. The van der Waals surface area contributed by atoms with Crippen LogP contribution >= 0.6 is 0 Å². The molecule has 0 aromatic rings. The van der Waals surface area contributed by atoms with Crippen molar-refractivity contribution < 1.29 is 28.6 Å². The Labute approximate surface area is 477 Å². The summed E-state index contributed by atoms with van der Waals surface area (Å²) in [4.78, 5) is 38.3. The minimum absolute atomic E-state index is 0.0849. The van der Waals surface area contributed by atoms with Gasteiger partial charge in [0.15, 0.2) is 6.10 Å². The molecule has 0 aromatic heterocycles. The van der Waals surface area contributed by atoms with Crippen molar-refractivity contribution in [3.8, 4) is 0 Å². The van der Waals surface area contributed by atoms with Crippen molar-refractivity contribution in [1.29, 1.82) is 0 Å². The summed E-state index contributed by atoms with van der Waals surface area (Å²) in [6.07, 6.45) is 87.0. The largest absolute Gasteiger partial charge is 0.462 e. The van der Waals surface area contributed by atoms with Gasteiger partial charge in [0.25, 0.3) is 0 Å². The van der Waals surface area contributed by atoms with Crippen LogP contribution in [-0.2, 0) is 28.6 Å². The van der Waals surface area contributed by atoms with Gasteiger partial charge in [-0.2, -0.15) is 0 Å². The zero-order valence-electron chi connectivity index (χ0n) is 50.7. The summed E-state index contributed by atoms with van der Waals surface area (Å²) in [6.45, 7) is 6.51. The molecular weight excluding hydrogens is 949 g/mol. The molecular formula is C71H122O6. The molecule has 0 saturated heterocycles. The predicted octanol–water partition coefficient (Wildman–Crippen LogP) is 22.4. The highest BCUT2D eigenvalue weighted by molar-refractivity contribution is 5.71. The summed E-state index contributed by atoms with van der Waals surface area (Å²) < 4.78 is 16.9. The topological polar surface area (TPSA) is 78.9 Å². The first-order valence-corrected chi connectivity index (χ1v) is 32.7. The van der Waals surface area contributed by atoms with Gasteiger partial charge in [0.05, 0.1) is 0 Å². The van der Waals surface area contributed by atoms with Crippen LogP contribution in [0.3, 0.4) is 0 Å². The monoisotopic (exact) mass is 1070 g/mol. The second kappa shape index (κ2) is 64.9. The molecule has 0 aliphatic heterocycles. The van der Waals surface area contributed by atoms with E-state index in [1.54, 1.807) is 0 Å². The van der Waals surface area contributed by atoms with Gasteiger partial charge < -0.3 is 14.2 Å². The average Bonchev–Trinajstić information content (AvgIpc) is 3.43. The molecule has 0 heterocycles. The molecule has 1 atom stereocenters. The van der Waals surface area contributed by atoms with Gasteiger partial charge in [-0.25, -0.2) is 0 Å². The van der Waals surface area contributed by atoms with Gasteiger partial charge >= 0.3 is 17.9 Å². The molecule has 0 aliphatic carbocycles. The molecule has 442 valence electrons. The van der Waals surface area contributed by atoms with E-state index in [1.807, 2.05) is 0 Å². The highest BCUT2D eigenvalue weighted by Gasteiger charge is 2.19. The minimum Gasteiger partial charge on any atom is -0.462 e. The Morgan fingerprint density at radius 1 is 0.273 bits per heavy atom. The lowest BCUT2D eigenvalue weighted by atomic mass is 10.1. The van der Waals surface area contributed by atoms with Crippen molar-refractivity contribution in [3.05, 3.63) is 97.2 Å². The quantitative estimate of drug-likeness (QED) is 0.0261. The first kappa shape index (κ1) is 73.3. The summed E-state index contributed by atoms with van der Waals surface area (Å²) in [5.41, 5.74) is 0. The van der Waals surface area contributed by atoms with Gasteiger partial charge in [0.2, 0.25) is 0 Å². The zero-order valence-corrected chi connectivity index (χ0v) is 50.7. The van der Waals surface area contributed by atoms with Gasteiger partial charge in [-0.05, 0) is 122 Å². The van der Waals surface area contributed by atoms with Crippen LogP contribution in [-0.4, -0.2) is 37.2 Å². The highest BCUT2D eigenvalue weighted by Crippen LogP contribution is 2.16. The molecule has 0 aliphatic rings. The molecule has 0 spiro atoms. The summed E-state index contributed by atoms with van der Waals surface area (Å²) >= 11 is 0. The van der Waals surface area contributed by atoms with Crippen LogP contribution in [0.15, 0.2) is 97.2 Å². The molecule has 0 saturated carbocycles. The first-order valence-electron chi connectivity index (χ1n) is 32.7. The highest BCUT2D eigenvalue weighted by atomic mass is 16.6. The lowest BCUT2D eigenvalue weighted by Gasteiger charge is -2.18. The van der Waals surface area contributed by atoms with Crippen molar-refractivity contribution in [3.63, 3.8) is 0 Å². The van der Waals surface area contributed by atoms with E-state index in [1.165, 1.54) is 167 Å². The second-order valence-corrected chi connectivity index (χ2v) is 21.6. The van der Waals surface area contributed by atoms with Gasteiger partial charge in [-0.15, -0.1) is 0 Å². The molecule has 77 heavy (non-hydrogen) atoms. The lowest BCUT2D eigenvalue weighted by molar-refractivity contribution is -0.167. The van der Waals surface area contributed by atoms with E-state index in [4.69, 9.17) is 14.2 Å². The fourth-order valence-electron chi connectivity index (χ4n) is 9.14. The standard InChI is InChI=1S/C71H122O6/c1-4-7-10-13-16-19-22-25-27-29-31-33-34-35-36-38-39-41-43-46-49-52-55-58-61-64-70(73)76-67-68(66-75-69(72)63-60-57-54-51-48-45-24-21-18-15-12-9-6-3)77-71(74)65-62-59-56-53-50-47-44-42-40-37-32-30-28-26-23-20-17-14-11-8-5-2/h8,11,17,20-22,24-26,28-29,31-32,34-35,37,68H,4-7,9-10,12-16,18-19,23,27,30,33,36,38-67H2,1-3H3/b11-8-,20-17-,24-21-,25-22-,28-26-,31-29-,35-34-,37-32-. The van der Waals surface area contributed by atoms with E-state index >= 15 is 0 Å². The number of carbonyl (C=O) groups is 3. The summed E-state index contributed by atoms with van der Waals surface area (Å²) in [5.74, 6) is -0.896. The fourth-order valence-corrected chi connectivity index (χ4v) is 9.14. The van der Waals surface area contributed by atoms with Crippen molar-refractivity contribution in [2.75, 3.05) is 13.2 Å². The molecule has 6 nitrogen and oxygen atoms in total. The zero-order chi connectivity index (χ0) is 55.7. The molecule has 0 fully saturated rings. The molecule has 0 radical (unpaired) electrons. The number of hydrogen-bond acceptors (Lipinski definition) is 6. The smallest absolute Gasteiger partial charge is 0.306 e. The summed E-state index contributed by atoms with van der Waals surface area (Å²) in [5, 5.41) is 0. The third-order valence-electron chi connectivity index (χ3n) is 14.0. The number of allylic oxidation sites excluding steroid dienone is 16. The molecule has 0 amide bonds. The van der Waals surface area contributed by atoms with Crippen molar-refractivity contribution in [2.45, 2.75) is 322 Å². The Morgan fingerprint density at radius 3 is 0.818 bits per heavy atom. The van der Waals surface area contributed by atoms with Crippen molar-refractivity contribution >= 4 is 17.9 Å². The van der Waals surface area contributed by atoms with Crippen LogP contribution < -0.4 is 0 Å².